The van der Waals surface area contributed by atoms with Gasteiger partial charge >= 0.3 is 5.97 Å². The third kappa shape index (κ3) is 5.40. The van der Waals surface area contributed by atoms with E-state index in [0.717, 1.165) is 4.88 Å². The first-order chi connectivity index (χ1) is 12.8. The molecule has 144 valence electrons. The third-order valence-corrected chi connectivity index (χ3v) is 5.17. The highest BCUT2D eigenvalue weighted by Gasteiger charge is 2.20. The molecule has 6 nitrogen and oxygen atoms in total. The Kier molecular flexibility index (Phi) is 7.12. The number of benzene rings is 1. The molecule has 0 atom stereocenters. The molecule has 2 N–H and O–H groups in total. The highest BCUT2D eigenvalue weighted by Crippen LogP contribution is 2.33. The number of hydrogen-bond donors (Lipinski definition) is 2. The summed E-state index contributed by atoms with van der Waals surface area (Å²) in [5.41, 5.74) is 1.48. The Bertz CT molecular complexity index is 842. The fraction of sp³-hybridized carbons (Fsp3) is 0.350. The summed E-state index contributed by atoms with van der Waals surface area (Å²) in [6.45, 7) is 7.50. The average Bonchev–Trinajstić information content (AvgIpc) is 3.04. The van der Waals surface area contributed by atoms with Gasteiger partial charge in [-0.1, -0.05) is 26.0 Å². The molecule has 0 aliphatic rings. The molecule has 27 heavy (non-hydrogen) atoms. The molecule has 2 rings (SSSR count). The van der Waals surface area contributed by atoms with Gasteiger partial charge in [0.2, 0.25) is 5.91 Å². The Labute approximate surface area is 162 Å². The van der Waals surface area contributed by atoms with Crippen LogP contribution in [0.1, 0.15) is 59.2 Å². The van der Waals surface area contributed by atoms with Crippen molar-refractivity contribution >= 4 is 39.7 Å². The summed E-state index contributed by atoms with van der Waals surface area (Å²) in [7, 11) is 0. The largest absolute Gasteiger partial charge is 0.462 e. The lowest BCUT2D eigenvalue weighted by Gasteiger charge is -2.10. The van der Waals surface area contributed by atoms with E-state index >= 15 is 0 Å². The van der Waals surface area contributed by atoms with Gasteiger partial charge in [-0.3, -0.25) is 9.59 Å². The van der Waals surface area contributed by atoms with Gasteiger partial charge in [0.15, 0.2) is 5.78 Å². The second kappa shape index (κ2) is 9.32. The van der Waals surface area contributed by atoms with E-state index in [1.54, 1.807) is 37.3 Å². The van der Waals surface area contributed by atoms with Crippen molar-refractivity contribution in [2.45, 2.75) is 33.6 Å². The summed E-state index contributed by atoms with van der Waals surface area (Å²) in [4.78, 5) is 37.2. The number of hydrogen-bond acceptors (Lipinski definition) is 6. The minimum atomic E-state index is -0.453. The molecule has 0 aliphatic carbocycles. The lowest BCUT2D eigenvalue weighted by Crippen LogP contribution is -2.23. The molecule has 1 amide bonds. The van der Waals surface area contributed by atoms with Crippen LogP contribution in [0.5, 0.6) is 0 Å². The minimum absolute atomic E-state index is 0.0263. The molecule has 1 heterocycles. The number of carbonyl (C=O) groups excluding carboxylic acids is 3. The number of esters is 1. The van der Waals surface area contributed by atoms with Crippen molar-refractivity contribution in [3.8, 4) is 0 Å². The molecule has 0 saturated heterocycles. The number of anilines is 2. The first kappa shape index (κ1) is 20.6. The van der Waals surface area contributed by atoms with Crippen LogP contribution in [0.3, 0.4) is 0 Å². The topological polar surface area (TPSA) is 84.5 Å². The van der Waals surface area contributed by atoms with Gasteiger partial charge in [-0.2, -0.15) is 0 Å². The Hall–Kier alpha value is -2.67. The molecular formula is C20H24N2O4S. The van der Waals surface area contributed by atoms with Crippen molar-refractivity contribution in [3.63, 3.8) is 0 Å². The highest BCUT2D eigenvalue weighted by atomic mass is 32.1. The molecule has 1 aromatic heterocycles. The maximum Gasteiger partial charge on any atom is 0.341 e. The fourth-order valence-corrected chi connectivity index (χ4v) is 3.50. The van der Waals surface area contributed by atoms with Gasteiger partial charge in [-0.05, 0) is 38.0 Å². The number of carbonyl (C=O) groups is 3. The van der Waals surface area contributed by atoms with Gasteiger partial charge in [0.05, 0.1) is 18.7 Å². The Morgan fingerprint density at radius 2 is 1.85 bits per heavy atom. The molecule has 0 fully saturated rings. The minimum Gasteiger partial charge on any atom is -0.462 e. The van der Waals surface area contributed by atoms with Crippen LogP contribution in [-0.4, -0.2) is 30.8 Å². The van der Waals surface area contributed by atoms with Crippen LogP contribution in [0, 0.1) is 0 Å². The van der Waals surface area contributed by atoms with Crippen LogP contribution in [0.4, 0.5) is 10.7 Å². The average molecular weight is 388 g/mol. The van der Waals surface area contributed by atoms with E-state index in [-0.39, 0.29) is 30.8 Å². The molecule has 0 unspecified atom stereocenters. The van der Waals surface area contributed by atoms with Gasteiger partial charge in [-0.25, -0.2) is 4.79 Å². The van der Waals surface area contributed by atoms with Gasteiger partial charge in [0.1, 0.15) is 5.00 Å². The van der Waals surface area contributed by atoms with Crippen molar-refractivity contribution in [2.24, 2.45) is 0 Å². The molecule has 0 aliphatic heterocycles. The van der Waals surface area contributed by atoms with E-state index in [0.29, 0.717) is 21.8 Å². The summed E-state index contributed by atoms with van der Waals surface area (Å²) in [5, 5.41) is 6.22. The number of ketones is 1. The van der Waals surface area contributed by atoms with E-state index in [9.17, 15) is 14.4 Å². The number of thiophene rings is 1. The lowest BCUT2D eigenvalue weighted by molar-refractivity contribution is -0.114. The first-order valence-electron chi connectivity index (χ1n) is 8.78. The van der Waals surface area contributed by atoms with Gasteiger partial charge in [-0.15, -0.1) is 11.3 Å². The zero-order valence-corrected chi connectivity index (χ0v) is 16.7. The monoisotopic (exact) mass is 388 g/mol. The number of nitrogens with one attached hydrogen (secondary N) is 2. The predicted octanol–water partition coefficient (Wildman–Crippen LogP) is 4.30. The van der Waals surface area contributed by atoms with Crippen molar-refractivity contribution in [1.29, 1.82) is 0 Å². The molecule has 0 spiro atoms. The van der Waals surface area contributed by atoms with E-state index < -0.39 is 5.97 Å². The van der Waals surface area contributed by atoms with Crippen LogP contribution >= 0.6 is 11.3 Å². The van der Waals surface area contributed by atoms with Crippen LogP contribution in [-0.2, 0) is 9.53 Å². The van der Waals surface area contributed by atoms with Gasteiger partial charge in [0, 0.05) is 16.1 Å². The smallest absolute Gasteiger partial charge is 0.341 e. The number of rotatable bonds is 8. The van der Waals surface area contributed by atoms with Crippen LogP contribution in [0.2, 0.25) is 0 Å². The molecule has 1 aromatic carbocycles. The fourth-order valence-electron chi connectivity index (χ4n) is 2.44. The standard InChI is InChI=1S/C20H24N2O4S/c1-5-26-20(25)15-10-17(12(2)3)27-19(15)22-18(24)11-21-16-9-7-6-8-14(16)13(4)23/h6-10,12,21H,5,11H2,1-4H3,(H,22,24). The second-order valence-electron chi connectivity index (χ2n) is 6.27. The quantitative estimate of drug-likeness (QED) is 0.520. The number of para-hydroxylation sites is 1. The third-order valence-electron chi connectivity index (χ3n) is 3.81. The van der Waals surface area contributed by atoms with Crippen molar-refractivity contribution in [2.75, 3.05) is 23.8 Å². The van der Waals surface area contributed by atoms with Crippen LogP contribution in [0.25, 0.3) is 0 Å². The SMILES string of the molecule is CCOC(=O)c1cc(C(C)C)sc1NC(=O)CNc1ccccc1C(C)=O. The Balaban J connectivity index is 2.11. The zero-order valence-electron chi connectivity index (χ0n) is 15.9. The number of amides is 1. The maximum atomic E-state index is 12.4. The molecule has 0 saturated carbocycles. The predicted molar refractivity (Wildman–Crippen MR) is 108 cm³/mol. The number of Topliss-reactive ketones (excluding diaryl/α,β-unsaturated/α-hetero) is 1. The summed E-state index contributed by atoms with van der Waals surface area (Å²) < 4.78 is 5.08. The van der Waals surface area contributed by atoms with Crippen molar-refractivity contribution in [3.05, 3.63) is 46.3 Å². The van der Waals surface area contributed by atoms with Gasteiger partial charge < -0.3 is 15.4 Å². The highest BCUT2D eigenvalue weighted by molar-refractivity contribution is 7.16. The Morgan fingerprint density at radius 1 is 1.15 bits per heavy atom. The van der Waals surface area contributed by atoms with Crippen LogP contribution < -0.4 is 10.6 Å². The Morgan fingerprint density at radius 3 is 2.48 bits per heavy atom. The first-order valence-corrected chi connectivity index (χ1v) is 9.59. The maximum absolute atomic E-state index is 12.4. The second-order valence-corrected chi connectivity index (χ2v) is 7.35. The molecule has 2 aromatic rings. The van der Waals surface area contributed by atoms with E-state index in [4.69, 9.17) is 4.74 Å². The molecule has 0 bridgehead atoms. The molecular weight excluding hydrogens is 364 g/mol. The normalized spacial score (nSPS) is 10.6. The summed E-state index contributed by atoms with van der Waals surface area (Å²) in [6.07, 6.45) is 0. The summed E-state index contributed by atoms with van der Waals surface area (Å²) in [5.74, 6) is -0.612. The van der Waals surface area contributed by atoms with E-state index in [1.807, 2.05) is 13.8 Å². The van der Waals surface area contributed by atoms with E-state index in [1.165, 1.54) is 18.3 Å². The van der Waals surface area contributed by atoms with Crippen molar-refractivity contribution in [1.82, 2.24) is 0 Å². The van der Waals surface area contributed by atoms with Gasteiger partial charge in [0.25, 0.3) is 0 Å². The molecule has 7 heteroatoms. The van der Waals surface area contributed by atoms with Crippen molar-refractivity contribution < 1.29 is 19.1 Å². The summed E-state index contributed by atoms with van der Waals surface area (Å²) in [6, 6.07) is 8.78. The number of ether oxygens (including phenoxy) is 1. The van der Waals surface area contributed by atoms with Crippen LogP contribution in [0.15, 0.2) is 30.3 Å². The summed E-state index contributed by atoms with van der Waals surface area (Å²) >= 11 is 1.37. The lowest BCUT2D eigenvalue weighted by atomic mass is 10.1. The van der Waals surface area contributed by atoms with E-state index in [2.05, 4.69) is 10.6 Å². The molecule has 0 radical (unpaired) electrons. The zero-order chi connectivity index (χ0) is 20.0.